The van der Waals surface area contributed by atoms with Gasteiger partial charge in [0.15, 0.2) is 0 Å². The summed E-state index contributed by atoms with van der Waals surface area (Å²) >= 11 is 3.55. The summed E-state index contributed by atoms with van der Waals surface area (Å²) in [4.78, 5) is 2.57. The first kappa shape index (κ1) is 15.5. The Morgan fingerprint density at radius 1 is 0.818 bits per heavy atom. The summed E-state index contributed by atoms with van der Waals surface area (Å²) in [7, 11) is -3.38. The molecule has 1 saturated heterocycles. The van der Waals surface area contributed by atoms with E-state index in [1.165, 1.54) is 0 Å². The topological polar surface area (TPSA) is 40.6 Å². The van der Waals surface area contributed by atoms with Crippen molar-refractivity contribution >= 4 is 31.6 Å². The van der Waals surface area contributed by atoms with Crippen LogP contribution >= 0.6 is 15.9 Å². The van der Waals surface area contributed by atoms with Gasteiger partial charge in [-0.1, -0.05) is 30.3 Å². The van der Waals surface area contributed by atoms with Crippen LogP contribution in [0.4, 0.5) is 5.69 Å². The minimum atomic E-state index is -3.38. The molecule has 116 valence electrons. The highest BCUT2D eigenvalue weighted by atomic mass is 79.9. The van der Waals surface area contributed by atoms with Crippen LogP contribution in [0.25, 0.3) is 0 Å². The van der Waals surface area contributed by atoms with Crippen LogP contribution in [0, 0.1) is 0 Å². The third-order valence-electron chi connectivity index (χ3n) is 3.81. The third kappa shape index (κ3) is 3.04. The van der Waals surface area contributed by atoms with Crippen molar-refractivity contribution in [3.8, 4) is 0 Å². The second-order valence-corrected chi connectivity index (χ2v) is 7.95. The molecule has 1 aliphatic heterocycles. The molecule has 0 spiro atoms. The molecule has 1 aliphatic rings. The second kappa shape index (κ2) is 6.40. The molecule has 6 heteroatoms. The summed E-state index contributed by atoms with van der Waals surface area (Å²) in [6.07, 6.45) is 0. The lowest BCUT2D eigenvalue weighted by atomic mass is 10.2. The number of piperazine rings is 1. The Hall–Kier alpha value is -1.37. The summed E-state index contributed by atoms with van der Waals surface area (Å²) in [6.45, 7) is 2.38. The Bertz CT molecular complexity index is 742. The quantitative estimate of drug-likeness (QED) is 0.821. The van der Waals surface area contributed by atoms with Crippen LogP contribution in [0.2, 0.25) is 0 Å². The van der Waals surface area contributed by atoms with Gasteiger partial charge in [-0.25, -0.2) is 8.42 Å². The molecular formula is C16H17BrN2O2S. The average Bonchev–Trinajstić information content (AvgIpc) is 2.56. The van der Waals surface area contributed by atoms with Crippen LogP contribution in [-0.2, 0) is 10.0 Å². The highest BCUT2D eigenvalue weighted by Crippen LogP contribution is 2.27. The Morgan fingerprint density at radius 3 is 2.05 bits per heavy atom. The van der Waals surface area contributed by atoms with E-state index in [4.69, 9.17) is 0 Å². The molecule has 0 atom stereocenters. The summed E-state index contributed by atoms with van der Waals surface area (Å²) in [5.74, 6) is 0. The Labute approximate surface area is 139 Å². The third-order valence-corrected chi connectivity index (χ3v) is 6.40. The van der Waals surface area contributed by atoms with Gasteiger partial charge >= 0.3 is 0 Å². The number of hydrogen-bond donors (Lipinski definition) is 0. The van der Waals surface area contributed by atoms with Crippen molar-refractivity contribution in [3.05, 3.63) is 59.1 Å². The molecule has 0 radical (unpaired) electrons. The lowest BCUT2D eigenvalue weighted by molar-refractivity contribution is 0.385. The zero-order valence-corrected chi connectivity index (χ0v) is 14.4. The zero-order valence-electron chi connectivity index (χ0n) is 12.0. The minimum absolute atomic E-state index is 0.365. The largest absolute Gasteiger partial charge is 0.368 e. The number of anilines is 1. The molecule has 2 aromatic carbocycles. The molecule has 4 nitrogen and oxygen atoms in total. The number of sulfonamides is 1. The maximum Gasteiger partial charge on any atom is 0.243 e. The average molecular weight is 381 g/mol. The molecule has 0 amide bonds. The molecule has 0 aliphatic carbocycles. The lowest BCUT2D eigenvalue weighted by Crippen LogP contribution is -2.48. The molecule has 0 aromatic heterocycles. The zero-order chi connectivity index (χ0) is 15.6. The predicted octanol–water partition coefficient (Wildman–Crippen LogP) is 2.96. The lowest BCUT2D eigenvalue weighted by Gasteiger charge is -2.35. The molecule has 1 heterocycles. The van der Waals surface area contributed by atoms with Gasteiger partial charge in [0.1, 0.15) is 0 Å². The number of hydrogen-bond acceptors (Lipinski definition) is 3. The fourth-order valence-electron chi connectivity index (χ4n) is 2.62. The van der Waals surface area contributed by atoms with Crippen LogP contribution in [-0.4, -0.2) is 38.9 Å². The van der Waals surface area contributed by atoms with Crippen LogP contribution in [0.3, 0.4) is 0 Å². The summed E-state index contributed by atoms with van der Waals surface area (Å²) < 4.78 is 27.8. The van der Waals surface area contributed by atoms with Gasteiger partial charge in [-0.05, 0) is 40.2 Å². The molecule has 0 unspecified atom stereocenters. The molecule has 1 fully saturated rings. The van der Waals surface area contributed by atoms with Gasteiger partial charge in [0.25, 0.3) is 0 Å². The molecular weight excluding hydrogens is 364 g/mol. The fraction of sp³-hybridized carbons (Fsp3) is 0.250. The molecule has 0 N–H and O–H groups in total. The van der Waals surface area contributed by atoms with Crippen molar-refractivity contribution in [1.29, 1.82) is 0 Å². The SMILES string of the molecule is O=S(=O)(c1ccccc1)N1CCN(c2ccccc2Br)CC1. The monoisotopic (exact) mass is 380 g/mol. The van der Waals surface area contributed by atoms with E-state index in [0.717, 1.165) is 10.2 Å². The van der Waals surface area contributed by atoms with Gasteiger partial charge in [-0.15, -0.1) is 0 Å². The summed E-state index contributed by atoms with van der Waals surface area (Å²) in [5.41, 5.74) is 1.11. The van der Waals surface area contributed by atoms with E-state index in [9.17, 15) is 8.42 Å². The number of halogens is 1. The van der Waals surface area contributed by atoms with Crippen molar-refractivity contribution < 1.29 is 8.42 Å². The smallest absolute Gasteiger partial charge is 0.243 e. The highest BCUT2D eigenvalue weighted by molar-refractivity contribution is 9.10. The van der Waals surface area contributed by atoms with E-state index < -0.39 is 10.0 Å². The van der Waals surface area contributed by atoms with E-state index in [0.29, 0.717) is 31.1 Å². The van der Waals surface area contributed by atoms with Crippen molar-refractivity contribution in [2.75, 3.05) is 31.1 Å². The number of nitrogens with zero attached hydrogens (tertiary/aromatic N) is 2. The fourth-order valence-corrected chi connectivity index (χ4v) is 4.60. The molecule has 0 saturated carbocycles. The Morgan fingerprint density at radius 2 is 1.41 bits per heavy atom. The van der Waals surface area contributed by atoms with Crippen molar-refractivity contribution in [1.82, 2.24) is 4.31 Å². The maximum absolute atomic E-state index is 12.6. The first-order valence-electron chi connectivity index (χ1n) is 7.14. The van der Waals surface area contributed by atoms with Gasteiger partial charge in [0.2, 0.25) is 10.0 Å². The van der Waals surface area contributed by atoms with E-state index in [2.05, 4.69) is 20.8 Å². The van der Waals surface area contributed by atoms with Crippen LogP contribution in [0.1, 0.15) is 0 Å². The van der Waals surface area contributed by atoms with Gasteiger partial charge < -0.3 is 4.90 Å². The van der Waals surface area contributed by atoms with Crippen LogP contribution < -0.4 is 4.90 Å². The van der Waals surface area contributed by atoms with Gasteiger partial charge in [0.05, 0.1) is 10.6 Å². The van der Waals surface area contributed by atoms with Crippen molar-refractivity contribution in [2.45, 2.75) is 4.90 Å². The van der Waals surface area contributed by atoms with E-state index in [1.807, 2.05) is 30.3 Å². The number of para-hydroxylation sites is 1. The Kier molecular flexibility index (Phi) is 4.52. The normalized spacial score (nSPS) is 16.7. The molecule has 2 aromatic rings. The minimum Gasteiger partial charge on any atom is -0.368 e. The second-order valence-electron chi connectivity index (χ2n) is 5.16. The first-order valence-corrected chi connectivity index (χ1v) is 9.37. The van der Waals surface area contributed by atoms with Gasteiger partial charge in [-0.3, -0.25) is 0 Å². The van der Waals surface area contributed by atoms with Crippen molar-refractivity contribution in [3.63, 3.8) is 0 Å². The van der Waals surface area contributed by atoms with Gasteiger partial charge in [0, 0.05) is 30.7 Å². The highest BCUT2D eigenvalue weighted by Gasteiger charge is 2.28. The standard InChI is InChI=1S/C16H17BrN2O2S/c17-15-8-4-5-9-16(15)18-10-12-19(13-11-18)22(20,21)14-6-2-1-3-7-14/h1-9H,10-13H2. The number of rotatable bonds is 3. The molecule has 0 bridgehead atoms. The number of benzene rings is 2. The predicted molar refractivity (Wildman–Crippen MR) is 91.6 cm³/mol. The van der Waals surface area contributed by atoms with E-state index in [-0.39, 0.29) is 0 Å². The van der Waals surface area contributed by atoms with E-state index in [1.54, 1.807) is 28.6 Å². The van der Waals surface area contributed by atoms with Crippen molar-refractivity contribution in [2.24, 2.45) is 0 Å². The summed E-state index contributed by atoms with van der Waals surface area (Å²) in [6, 6.07) is 16.6. The summed E-state index contributed by atoms with van der Waals surface area (Å²) in [5, 5.41) is 0. The van der Waals surface area contributed by atoms with Crippen LogP contribution in [0.15, 0.2) is 64.0 Å². The first-order chi connectivity index (χ1) is 10.6. The van der Waals surface area contributed by atoms with Crippen LogP contribution in [0.5, 0.6) is 0 Å². The Balaban J connectivity index is 1.74. The maximum atomic E-state index is 12.6. The molecule has 3 rings (SSSR count). The van der Waals surface area contributed by atoms with E-state index >= 15 is 0 Å². The molecule has 22 heavy (non-hydrogen) atoms. The van der Waals surface area contributed by atoms with Gasteiger partial charge in [-0.2, -0.15) is 4.31 Å².